The van der Waals surface area contributed by atoms with E-state index in [4.69, 9.17) is 4.98 Å². The van der Waals surface area contributed by atoms with E-state index in [0.717, 1.165) is 45.2 Å². The van der Waals surface area contributed by atoms with Crippen molar-refractivity contribution in [3.63, 3.8) is 0 Å². The summed E-state index contributed by atoms with van der Waals surface area (Å²) in [7, 11) is 0. The summed E-state index contributed by atoms with van der Waals surface area (Å²) in [5.74, 6) is 0.926. The Morgan fingerprint density at radius 1 is 0.409 bits per heavy atom. The molecule has 7 aromatic carbocycles. The molecule has 8 aromatic rings. The molecule has 1 aromatic heterocycles. The minimum atomic E-state index is 0.926. The quantitative estimate of drug-likeness (QED) is 0.201. The molecule has 0 unspecified atom stereocenters. The molecule has 0 fully saturated rings. The highest BCUT2D eigenvalue weighted by Gasteiger charge is 2.16. The van der Waals surface area contributed by atoms with Crippen LogP contribution in [0.4, 0.5) is 17.1 Å². The summed E-state index contributed by atoms with van der Waals surface area (Å²) in [4.78, 5) is 7.36. The highest BCUT2D eigenvalue weighted by molar-refractivity contribution is 5.88. The van der Waals surface area contributed by atoms with Crippen LogP contribution in [0, 0.1) is 0 Å². The van der Waals surface area contributed by atoms with Gasteiger partial charge in [-0.3, -0.25) is 4.57 Å². The standard InChI is InChI=1S/C41H29N3/c1-3-13-35(14-4-1)43(37-25-21-31(22-26-37)34-20-19-30-11-7-8-12-33(30)29-34)38-27-23-32(24-28-38)41-42-39-17-9-10-18-40(39)44(41)36-15-5-2-6-16-36/h1-29H. The number of hydrogen-bond donors (Lipinski definition) is 0. The molecule has 0 aliphatic carbocycles. The van der Waals surface area contributed by atoms with Crippen LogP contribution in [-0.4, -0.2) is 9.55 Å². The van der Waals surface area contributed by atoms with Crippen molar-refractivity contribution in [1.82, 2.24) is 9.55 Å². The van der Waals surface area contributed by atoms with E-state index in [9.17, 15) is 0 Å². The Labute approximate surface area is 256 Å². The molecule has 3 heteroatoms. The molecule has 8 rings (SSSR count). The molecule has 208 valence electrons. The average molecular weight is 564 g/mol. The molecule has 0 bridgehead atoms. The van der Waals surface area contributed by atoms with Crippen LogP contribution >= 0.6 is 0 Å². The molecule has 1 heterocycles. The third-order valence-electron chi connectivity index (χ3n) is 8.18. The van der Waals surface area contributed by atoms with Crippen LogP contribution in [0.3, 0.4) is 0 Å². The van der Waals surface area contributed by atoms with Crippen molar-refractivity contribution < 1.29 is 0 Å². The van der Waals surface area contributed by atoms with E-state index in [1.165, 1.54) is 21.9 Å². The van der Waals surface area contributed by atoms with Gasteiger partial charge in [-0.25, -0.2) is 4.98 Å². The van der Waals surface area contributed by atoms with Gasteiger partial charge < -0.3 is 4.90 Å². The average Bonchev–Trinajstić information content (AvgIpc) is 3.49. The number of aromatic nitrogens is 2. The number of nitrogens with zero attached hydrogens (tertiary/aromatic N) is 3. The fourth-order valence-electron chi connectivity index (χ4n) is 6.01. The second kappa shape index (κ2) is 11.0. The zero-order chi connectivity index (χ0) is 29.3. The molecule has 0 N–H and O–H groups in total. The molecular weight excluding hydrogens is 534 g/mol. The Kier molecular flexibility index (Phi) is 6.47. The predicted octanol–water partition coefficient (Wildman–Crippen LogP) is 11.0. The second-order valence-corrected chi connectivity index (χ2v) is 10.9. The van der Waals surface area contributed by atoms with Crippen LogP contribution in [0.2, 0.25) is 0 Å². The van der Waals surface area contributed by atoms with Gasteiger partial charge in [-0.2, -0.15) is 0 Å². The number of imidazole rings is 1. The maximum Gasteiger partial charge on any atom is 0.145 e. The van der Waals surface area contributed by atoms with E-state index in [0.29, 0.717) is 0 Å². The Balaban J connectivity index is 1.18. The number of fused-ring (bicyclic) bond motifs is 2. The van der Waals surface area contributed by atoms with Crippen molar-refractivity contribution in [2.45, 2.75) is 0 Å². The SMILES string of the molecule is c1ccc(N(c2ccc(-c3ccc4ccccc4c3)cc2)c2ccc(-c3nc4ccccc4n3-c3ccccc3)cc2)cc1. The van der Waals surface area contributed by atoms with E-state index >= 15 is 0 Å². The van der Waals surface area contributed by atoms with Crippen LogP contribution < -0.4 is 4.90 Å². The molecule has 0 aliphatic heterocycles. The zero-order valence-corrected chi connectivity index (χ0v) is 24.1. The lowest BCUT2D eigenvalue weighted by Crippen LogP contribution is -2.09. The lowest BCUT2D eigenvalue weighted by molar-refractivity contribution is 1.10. The maximum atomic E-state index is 5.06. The van der Waals surface area contributed by atoms with Crippen molar-refractivity contribution in [2.75, 3.05) is 4.90 Å². The minimum Gasteiger partial charge on any atom is -0.311 e. The summed E-state index contributed by atoms with van der Waals surface area (Å²) in [5, 5.41) is 2.51. The summed E-state index contributed by atoms with van der Waals surface area (Å²) in [6.45, 7) is 0. The van der Waals surface area contributed by atoms with Crippen LogP contribution in [0.25, 0.3) is 50.0 Å². The monoisotopic (exact) mass is 563 g/mol. The van der Waals surface area contributed by atoms with Crippen molar-refractivity contribution >= 4 is 38.9 Å². The molecule has 0 spiro atoms. The number of hydrogen-bond acceptors (Lipinski definition) is 2. The third kappa shape index (κ3) is 4.71. The van der Waals surface area contributed by atoms with Crippen LogP contribution in [0.5, 0.6) is 0 Å². The van der Waals surface area contributed by atoms with E-state index in [1.807, 2.05) is 12.1 Å². The lowest BCUT2D eigenvalue weighted by atomic mass is 10.0. The molecule has 44 heavy (non-hydrogen) atoms. The normalized spacial score (nSPS) is 11.2. The van der Waals surface area contributed by atoms with E-state index in [2.05, 4.69) is 173 Å². The van der Waals surface area contributed by atoms with Gasteiger partial charge in [0.05, 0.1) is 11.0 Å². The molecule has 0 atom stereocenters. The predicted molar refractivity (Wildman–Crippen MR) is 184 cm³/mol. The highest BCUT2D eigenvalue weighted by Crippen LogP contribution is 2.37. The molecule has 3 nitrogen and oxygen atoms in total. The van der Waals surface area contributed by atoms with Crippen molar-refractivity contribution in [2.24, 2.45) is 0 Å². The first-order chi connectivity index (χ1) is 21.8. The lowest BCUT2D eigenvalue weighted by Gasteiger charge is -2.26. The molecule has 0 radical (unpaired) electrons. The summed E-state index contributed by atoms with van der Waals surface area (Å²) >= 11 is 0. The minimum absolute atomic E-state index is 0.926. The smallest absolute Gasteiger partial charge is 0.145 e. The zero-order valence-electron chi connectivity index (χ0n) is 24.1. The summed E-state index contributed by atoms with van der Waals surface area (Å²) in [6.07, 6.45) is 0. The molecule has 0 saturated heterocycles. The van der Waals surface area contributed by atoms with Gasteiger partial charge >= 0.3 is 0 Å². The molecule has 0 amide bonds. The summed E-state index contributed by atoms with van der Waals surface area (Å²) in [5.41, 5.74) is 9.94. The van der Waals surface area contributed by atoms with Gasteiger partial charge in [-0.1, -0.05) is 97.1 Å². The van der Waals surface area contributed by atoms with Gasteiger partial charge in [-0.05, 0) is 101 Å². The Morgan fingerprint density at radius 3 is 1.68 bits per heavy atom. The number of rotatable bonds is 6. The Hall–Kier alpha value is -5.93. The van der Waals surface area contributed by atoms with Gasteiger partial charge in [0, 0.05) is 28.3 Å². The van der Waals surface area contributed by atoms with Crippen molar-refractivity contribution in [1.29, 1.82) is 0 Å². The van der Waals surface area contributed by atoms with Crippen LogP contribution in [0.1, 0.15) is 0 Å². The van der Waals surface area contributed by atoms with E-state index < -0.39 is 0 Å². The first kappa shape index (κ1) is 25.8. The number of benzene rings is 7. The molecular formula is C41H29N3. The number of anilines is 3. The Bertz CT molecular complexity index is 2200. The summed E-state index contributed by atoms with van der Waals surface area (Å²) in [6, 6.07) is 62.0. The fraction of sp³-hybridized carbons (Fsp3) is 0. The highest BCUT2D eigenvalue weighted by atomic mass is 15.1. The van der Waals surface area contributed by atoms with Gasteiger partial charge in [0.2, 0.25) is 0 Å². The van der Waals surface area contributed by atoms with Crippen LogP contribution in [-0.2, 0) is 0 Å². The van der Waals surface area contributed by atoms with Crippen molar-refractivity contribution in [3.8, 4) is 28.2 Å². The first-order valence-electron chi connectivity index (χ1n) is 14.9. The van der Waals surface area contributed by atoms with E-state index in [-0.39, 0.29) is 0 Å². The van der Waals surface area contributed by atoms with Gasteiger partial charge in [0.25, 0.3) is 0 Å². The Morgan fingerprint density at radius 2 is 0.955 bits per heavy atom. The molecule has 0 aliphatic rings. The topological polar surface area (TPSA) is 21.1 Å². The molecule has 0 saturated carbocycles. The van der Waals surface area contributed by atoms with E-state index in [1.54, 1.807) is 0 Å². The van der Waals surface area contributed by atoms with Gasteiger partial charge in [0.1, 0.15) is 5.82 Å². The summed E-state index contributed by atoms with van der Waals surface area (Å²) < 4.78 is 2.24. The van der Waals surface area contributed by atoms with Gasteiger partial charge in [-0.15, -0.1) is 0 Å². The maximum absolute atomic E-state index is 5.06. The first-order valence-corrected chi connectivity index (χ1v) is 14.9. The van der Waals surface area contributed by atoms with Crippen molar-refractivity contribution in [3.05, 3.63) is 176 Å². The fourth-order valence-corrected chi connectivity index (χ4v) is 6.01. The third-order valence-corrected chi connectivity index (χ3v) is 8.18. The largest absolute Gasteiger partial charge is 0.311 e. The number of para-hydroxylation sites is 4. The second-order valence-electron chi connectivity index (χ2n) is 10.9. The van der Waals surface area contributed by atoms with Crippen LogP contribution in [0.15, 0.2) is 176 Å². The van der Waals surface area contributed by atoms with Gasteiger partial charge in [0.15, 0.2) is 0 Å².